The summed E-state index contributed by atoms with van der Waals surface area (Å²) in [7, 11) is 2.10. The maximum Gasteiger partial charge on any atom is 0.0434 e. The van der Waals surface area contributed by atoms with E-state index in [1.807, 2.05) is 0 Å². The van der Waals surface area contributed by atoms with Crippen LogP contribution in [0.15, 0.2) is 12.3 Å². The molecule has 1 aromatic heterocycles. The molecule has 0 spiro atoms. The van der Waals surface area contributed by atoms with E-state index in [0.717, 1.165) is 0 Å². The first kappa shape index (κ1) is 6.71. The molecule has 0 aromatic carbocycles. The van der Waals surface area contributed by atoms with E-state index in [9.17, 15) is 0 Å². The Bertz CT molecular complexity index is 370. The smallest absolute Gasteiger partial charge is 0.0434 e. The van der Waals surface area contributed by atoms with Crippen molar-refractivity contribution in [3.63, 3.8) is 0 Å². The number of hydrogen-bond acceptors (Lipinski definition) is 0. The summed E-state index contributed by atoms with van der Waals surface area (Å²) in [6, 6.07) is 2.18. The van der Waals surface area contributed by atoms with E-state index in [-0.39, 0.29) is 0 Å². The Labute approximate surface area is 66.7 Å². The van der Waals surface area contributed by atoms with Gasteiger partial charge in [-0.1, -0.05) is 19.1 Å². The molecule has 1 heterocycles. The van der Waals surface area contributed by atoms with Gasteiger partial charge in [0.1, 0.15) is 0 Å². The lowest BCUT2D eigenvalue weighted by atomic mass is 10.0. The average molecular weight is 147 g/mol. The molecular formula is C10H13N. The highest BCUT2D eigenvalue weighted by atomic mass is 14.9. The van der Waals surface area contributed by atoms with Crippen LogP contribution in [0.2, 0.25) is 0 Å². The Balaban J connectivity index is 2.76. The predicted octanol–water partition coefficient (Wildman–Crippen LogP) is 0.626. The Kier molecular flexibility index (Phi) is 1.38. The fourth-order valence-corrected chi connectivity index (χ4v) is 1.64. The molecule has 0 saturated carbocycles. The molecule has 58 valence electrons. The van der Waals surface area contributed by atoms with E-state index in [0.29, 0.717) is 5.92 Å². The van der Waals surface area contributed by atoms with Gasteiger partial charge in [-0.05, 0) is 23.6 Å². The zero-order valence-corrected chi connectivity index (χ0v) is 7.04. The number of rotatable bonds is 0. The van der Waals surface area contributed by atoms with Crippen molar-refractivity contribution in [1.82, 2.24) is 4.57 Å². The van der Waals surface area contributed by atoms with Crippen molar-refractivity contribution < 1.29 is 0 Å². The number of aromatic nitrogens is 1. The zero-order chi connectivity index (χ0) is 7.84. The summed E-state index contributed by atoms with van der Waals surface area (Å²) in [4.78, 5) is 0. The third kappa shape index (κ3) is 1.01. The first-order chi connectivity index (χ1) is 5.27. The summed E-state index contributed by atoms with van der Waals surface area (Å²) in [6.07, 6.45) is 7.97. The molecule has 1 atom stereocenters. The van der Waals surface area contributed by atoms with Crippen molar-refractivity contribution >= 4 is 12.2 Å². The largest absolute Gasteiger partial charge is 0.351 e. The monoisotopic (exact) mass is 147 g/mol. The van der Waals surface area contributed by atoms with E-state index in [1.165, 1.54) is 17.0 Å². The SMILES string of the molecule is C[C@@H]1C=c2ccn(C)c2=CC1. The van der Waals surface area contributed by atoms with E-state index >= 15 is 0 Å². The van der Waals surface area contributed by atoms with Crippen LogP contribution < -0.4 is 10.6 Å². The molecule has 0 saturated heterocycles. The van der Waals surface area contributed by atoms with Crippen LogP contribution in [-0.2, 0) is 7.05 Å². The third-order valence-corrected chi connectivity index (χ3v) is 2.30. The van der Waals surface area contributed by atoms with Crippen LogP contribution in [0, 0.1) is 5.92 Å². The van der Waals surface area contributed by atoms with Gasteiger partial charge >= 0.3 is 0 Å². The normalized spacial score (nSPS) is 21.8. The fraction of sp³-hybridized carbons (Fsp3) is 0.400. The molecule has 0 aliphatic heterocycles. The summed E-state index contributed by atoms with van der Waals surface area (Å²) in [5.74, 6) is 0.713. The van der Waals surface area contributed by atoms with Gasteiger partial charge in [-0.25, -0.2) is 0 Å². The second-order valence-corrected chi connectivity index (χ2v) is 3.35. The Morgan fingerprint density at radius 1 is 1.55 bits per heavy atom. The van der Waals surface area contributed by atoms with E-state index in [2.05, 4.69) is 43.0 Å². The van der Waals surface area contributed by atoms with Crippen molar-refractivity contribution in [3.05, 3.63) is 22.8 Å². The number of hydrogen-bond donors (Lipinski definition) is 0. The lowest BCUT2D eigenvalue weighted by molar-refractivity contribution is 0.784. The van der Waals surface area contributed by atoms with Crippen molar-refractivity contribution in [2.45, 2.75) is 13.3 Å². The maximum absolute atomic E-state index is 2.34. The molecule has 1 heteroatoms. The number of aryl methyl sites for hydroxylation is 1. The molecule has 1 aliphatic rings. The van der Waals surface area contributed by atoms with E-state index in [4.69, 9.17) is 0 Å². The van der Waals surface area contributed by atoms with Gasteiger partial charge in [0, 0.05) is 18.6 Å². The minimum absolute atomic E-state index is 0.713. The quantitative estimate of drug-likeness (QED) is 0.507. The minimum Gasteiger partial charge on any atom is -0.351 e. The van der Waals surface area contributed by atoms with Crippen LogP contribution in [0.3, 0.4) is 0 Å². The topological polar surface area (TPSA) is 4.93 Å². The van der Waals surface area contributed by atoms with Crippen LogP contribution in [0.4, 0.5) is 0 Å². The third-order valence-electron chi connectivity index (χ3n) is 2.30. The first-order valence-electron chi connectivity index (χ1n) is 4.11. The molecule has 0 fully saturated rings. The van der Waals surface area contributed by atoms with Crippen LogP contribution >= 0.6 is 0 Å². The second-order valence-electron chi connectivity index (χ2n) is 3.35. The molecule has 0 N–H and O–H groups in total. The first-order valence-corrected chi connectivity index (χ1v) is 4.11. The summed E-state index contributed by atoms with van der Waals surface area (Å²) in [5, 5.41) is 2.77. The number of fused-ring (bicyclic) bond motifs is 1. The molecule has 1 aromatic rings. The van der Waals surface area contributed by atoms with Gasteiger partial charge in [-0.15, -0.1) is 0 Å². The highest BCUT2D eigenvalue weighted by Crippen LogP contribution is 2.05. The second kappa shape index (κ2) is 2.26. The zero-order valence-electron chi connectivity index (χ0n) is 7.04. The fourth-order valence-electron chi connectivity index (χ4n) is 1.64. The Hall–Kier alpha value is -0.980. The standard InChI is InChI=1S/C10H13N/c1-8-3-4-10-9(7-8)5-6-11(10)2/h4-8H,3H2,1-2H3/t8-/m0/s1. The van der Waals surface area contributed by atoms with Gasteiger partial charge < -0.3 is 4.57 Å². The van der Waals surface area contributed by atoms with Gasteiger partial charge in [0.2, 0.25) is 0 Å². The van der Waals surface area contributed by atoms with Crippen molar-refractivity contribution in [2.24, 2.45) is 13.0 Å². The van der Waals surface area contributed by atoms with Crippen LogP contribution in [-0.4, -0.2) is 4.57 Å². The maximum atomic E-state index is 2.34. The summed E-state index contributed by atoms with van der Waals surface area (Å²) in [6.45, 7) is 2.26. The van der Waals surface area contributed by atoms with Gasteiger partial charge in [0.05, 0.1) is 0 Å². The van der Waals surface area contributed by atoms with Crippen LogP contribution in [0.1, 0.15) is 13.3 Å². The molecule has 0 unspecified atom stereocenters. The Morgan fingerprint density at radius 3 is 3.18 bits per heavy atom. The van der Waals surface area contributed by atoms with Crippen molar-refractivity contribution in [1.29, 1.82) is 0 Å². The molecule has 0 radical (unpaired) electrons. The molecule has 2 rings (SSSR count). The number of nitrogens with zero attached hydrogens (tertiary/aromatic N) is 1. The van der Waals surface area contributed by atoms with Gasteiger partial charge in [-0.3, -0.25) is 0 Å². The highest BCUT2D eigenvalue weighted by molar-refractivity contribution is 5.38. The molecule has 0 amide bonds. The van der Waals surface area contributed by atoms with Crippen molar-refractivity contribution in [3.8, 4) is 0 Å². The van der Waals surface area contributed by atoms with Crippen LogP contribution in [0.25, 0.3) is 12.2 Å². The van der Waals surface area contributed by atoms with E-state index < -0.39 is 0 Å². The predicted molar refractivity (Wildman–Crippen MR) is 47.4 cm³/mol. The van der Waals surface area contributed by atoms with Gasteiger partial charge in [0.25, 0.3) is 0 Å². The lowest BCUT2D eigenvalue weighted by Crippen LogP contribution is -2.30. The summed E-state index contributed by atoms with van der Waals surface area (Å²) >= 11 is 0. The molecular weight excluding hydrogens is 134 g/mol. The molecule has 1 aliphatic carbocycles. The van der Waals surface area contributed by atoms with E-state index in [1.54, 1.807) is 0 Å². The minimum atomic E-state index is 0.713. The molecule has 1 nitrogen and oxygen atoms in total. The average Bonchev–Trinajstić information content (AvgIpc) is 2.32. The van der Waals surface area contributed by atoms with Crippen molar-refractivity contribution in [2.75, 3.05) is 0 Å². The van der Waals surface area contributed by atoms with Gasteiger partial charge in [-0.2, -0.15) is 0 Å². The van der Waals surface area contributed by atoms with Crippen LogP contribution in [0.5, 0.6) is 0 Å². The Morgan fingerprint density at radius 2 is 2.36 bits per heavy atom. The summed E-state index contributed by atoms with van der Waals surface area (Å²) < 4.78 is 2.18. The lowest BCUT2D eigenvalue weighted by Gasteiger charge is -2.05. The molecule has 11 heavy (non-hydrogen) atoms. The highest BCUT2D eigenvalue weighted by Gasteiger charge is 2.01. The summed E-state index contributed by atoms with van der Waals surface area (Å²) in [5.41, 5.74) is 0. The molecule has 0 bridgehead atoms. The van der Waals surface area contributed by atoms with Gasteiger partial charge in [0.15, 0.2) is 0 Å².